The van der Waals surface area contributed by atoms with Crippen molar-refractivity contribution in [1.29, 1.82) is 0 Å². The number of aromatic nitrogens is 2. The first-order valence-electron chi connectivity index (χ1n) is 8.03. The van der Waals surface area contributed by atoms with Crippen LogP contribution in [0, 0.1) is 6.92 Å². The Labute approximate surface area is 136 Å². The van der Waals surface area contributed by atoms with Crippen molar-refractivity contribution in [3.63, 3.8) is 0 Å². The van der Waals surface area contributed by atoms with Gasteiger partial charge in [-0.05, 0) is 37.9 Å². The Kier molecular flexibility index (Phi) is 4.93. The Hall–Kier alpha value is -1.92. The van der Waals surface area contributed by atoms with E-state index in [4.69, 9.17) is 9.26 Å². The normalized spacial score (nSPS) is 19.0. The summed E-state index contributed by atoms with van der Waals surface area (Å²) in [4.78, 5) is 6.71. The molecule has 1 saturated heterocycles. The summed E-state index contributed by atoms with van der Waals surface area (Å²) in [7, 11) is 1.65. The van der Waals surface area contributed by atoms with Gasteiger partial charge in [0.1, 0.15) is 5.75 Å². The second-order valence-corrected chi connectivity index (χ2v) is 6.00. The molecular weight excluding hydrogens is 294 g/mol. The number of aliphatic hydroxyl groups is 1. The minimum atomic E-state index is 0.177. The summed E-state index contributed by atoms with van der Waals surface area (Å²) >= 11 is 0. The number of aryl methyl sites for hydroxylation is 1. The van der Waals surface area contributed by atoms with Crippen molar-refractivity contribution in [2.75, 3.05) is 20.3 Å². The Bertz CT molecular complexity index is 656. The molecule has 1 fully saturated rings. The maximum absolute atomic E-state index is 9.48. The van der Waals surface area contributed by atoms with Crippen LogP contribution in [-0.2, 0) is 6.54 Å². The molecule has 0 aliphatic carbocycles. The number of methoxy groups -OCH3 is 1. The molecule has 6 heteroatoms. The molecule has 6 nitrogen and oxygen atoms in total. The molecule has 23 heavy (non-hydrogen) atoms. The Morgan fingerprint density at radius 3 is 3.04 bits per heavy atom. The number of piperidine rings is 1. The summed E-state index contributed by atoms with van der Waals surface area (Å²) in [5.74, 6) is 1.96. The van der Waals surface area contributed by atoms with Gasteiger partial charge in [0.15, 0.2) is 0 Å². The molecule has 124 valence electrons. The average Bonchev–Trinajstić information content (AvgIpc) is 3.04. The van der Waals surface area contributed by atoms with E-state index in [-0.39, 0.29) is 12.6 Å². The molecular formula is C17H23N3O3. The minimum Gasteiger partial charge on any atom is -0.496 e. The number of likely N-dealkylation sites (tertiary alicyclic amines) is 1. The number of aliphatic hydroxyl groups excluding tert-OH is 1. The van der Waals surface area contributed by atoms with Crippen LogP contribution in [0.4, 0.5) is 0 Å². The molecule has 0 unspecified atom stereocenters. The van der Waals surface area contributed by atoms with Crippen molar-refractivity contribution in [3.8, 4) is 17.1 Å². The van der Waals surface area contributed by atoms with E-state index in [9.17, 15) is 5.11 Å². The van der Waals surface area contributed by atoms with E-state index in [0.717, 1.165) is 36.3 Å². The SMILES string of the molecule is COc1cc(-c2noc(CN3CCCC[C@@H]3CO)n2)ccc1C. The van der Waals surface area contributed by atoms with E-state index < -0.39 is 0 Å². The molecule has 2 heterocycles. The van der Waals surface area contributed by atoms with Crippen LogP contribution in [0.2, 0.25) is 0 Å². The smallest absolute Gasteiger partial charge is 0.241 e. The first-order valence-corrected chi connectivity index (χ1v) is 8.03. The molecule has 0 radical (unpaired) electrons. The van der Waals surface area contributed by atoms with Gasteiger partial charge in [-0.1, -0.05) is 23.7 Å². The van der Waals surface area contributed by atoms with Gasteiger partial charge in [-0.15, -0.1) is 0 Å². The first-order chi connectivity index (χ1) is 11.2. The van der Waals surface area contributed by atoms with E-state index in [1.165, 1.54) is 6.42 Å². The predicted molar refractivity (Wildman–Crippen MR) is 86.2 cm³/mol. The third kappa shape index (κ3) is 3.54. The van der Waals surface area contributed by atoms with Gasteiger partial charge in [-0.3, -0.25) is 4.90 Å². The molecule has 1 aromatic heterocycles. The maximum Gasteiger partial charge on any atom is 0.241 e. The molecule has 0 saturated carbocycles. The standard InChI is InChI=1S/C17H23N3O3/c1-12-6-7-13(9-15(12)22-2)17-18-16(23-19-17)10-20-8-4-3-5-14(20)11-21/h6-7,9,14,21H,3-5,8,10-11H2,1-2H3/t14-/m1/s1. The number of hydrogen-bond donors (Lipinski definition) is 1. The molecule has 1 aliphatic heterocycles. The molecule has 1 N–H and O–H groups in total. The highest BCUT2D eigenvalue weighted by atomic mass is 16.5. The highest BCUT2D eigenvalue weighted by Gasteiger charge is 2.23. The summed E-state index contributed by atoms with van der Waals surface area (Å²) in [6, 6.07) is 6.06. The van der Waals surface area contributed by atoms with Gasteiger partial charge in [-0.2, -0.15) is 4.98 Å². The number of nitrogens with zero attached hydrogens (tertiary/aromatic N) is 3. The molecule has 0 amide bonds. The van der Waals surface area contributed by atoms with Crippen molar-refractivity contribution < 1.29 is 14.4 Å². The van der Waals surface area contributed by atoms with Crippen molar-refractivity contribution in [1.82, 2.24) is 15.0 Å². The maximum atomic E-state index is 9.48. The topological polar surface area (TPSA) is 71.6 Å². The molecule has 2 aromatic rings. The van der Waals surface area contributed by atoms with Gasteiger partial charge in [0.25, 0.3) is 0 Å². The van der Waals surface area contributed by atoms with E-state index in [2.05, 4.69) is 15.0 Å². The van der Waals surface area contributed by atoms with Crippen LogP contribution in [-0.4, -0.2) is 46.5 Å². The number of hydrogen-bond acceptors (Lipinski definition) is 6. The zero-order chi connectivity index (χ0) is 16.2. The third-order valence-corrected chi connectivity index (χ3v) is 4.43. The number of benzene rings is 1. The Morgan fingerprint density at radius 2 is 2.26 bits per heavy atom. The van der Waals surface area contributed by atoms with Crippen molar-refractivity contribution in [3.05, 3.63) is 29.7 Å². The molecule has 1 aromatic carbocycles. The lowest BCUT2D eigenvalue weighted by Crippen LogP contribution is -2.41. The quantitative estimate of drug-likeness (QED) is 0.913. The van der Waals surface area contributed by atoms with E-state index >= 15 is 0 Å². The lowest BCUT2D eigenvalue weighted by molar-refractivity contribution is 0.0749. The summed E-state index contributed by atoms with van der Waals surface area (Å²) in [6.07, 6.45) is 3.33. The zero-order valence-electron chi connectivity index (χ0n) is 13.7. The highest BCUT2D eigenvalue weighted by molar-refractivity contribution is 5.58. The van der Waals surface area contributed by atoms with Crippen LogP contribution >= 0.6 is 0 Å². The fourth-order valence-corrected chi connectivity index (χ4v) is 3.04. The van der Waals surface area contributed by atoms with E-state index in [1.807, 2.05) is 25.1 Å². The van der Waals surface area contributed by atoms with Crippen LogP contribution in [0.3, 0.4) is 0 Å². The lowest BCUT2D eigenvalue weighted by atomic mass is 10.0. The van der Waals surface area contributed by atoms with E-state index in [0.29, 0.717) is 18.3 Å². The highest BCUT2D eigenvalue weighted by Crippen LogP contribution is 2.25. The fraction of sp³-hybridized carbons (Fsp3) is 0.529. The van der Waals surface area contributed by atoms with Crippen LogP contribution in [0.15, 0.2) is 22.7 Å². The van der Waals surface area contributed by atoms with Crippen molar-refractivity contribution in [2.45, 2.75) is 38.8 Å². The Morgan fingerprint density at radius 1 is 1.39 bits per heavy atom. The average molecular weight is 317 g/mol. The van der Waals surface area contributed by atoms with Crippen LogP contribution in [0.1, 0.15) is 30.7 Å². The van der Waals surface area contributed by atoms with Gasteiger partial charge in [0.05, 0.1) is 20.3 Å². The van der Waals surface area contributed by atoms with Gasteiger partial charge < -0.3 is 14.4 Å². The van der Waals surface area contributed by atoms with Gasteiger partial charge in [-0.25, -0.2) is 0 Å². The predicted octanol–water partition coefficient (Wildman–Crippen LogP) is 2.40. The van der Waals surface area contributed by atoms with Crippen LogP contribution in [0.5, 0.6) is 5.75 Å². The molecule has 0 bridgehead atoms. The summed E-state index contributed by atoms with van der Waals surface area (Å²) in [5.41, 5.74) is 1.94. The summed E-state index contributed by atoms with van der Waals surface area (Å²) in [6.45, 7) is 3.72. The van der Waals surface area contributed by atoms with Gasteiger partial charge >= 0.3 is 0 Å². The minimum absolute atomic E-state index is 0.177. The van der Waals surface area contributed by atoms with Gasteiger partial charge in [0, 0.05) is 11.6 Å². The molecule has 3 rings (SSSR count). The molecule has 1 aliphatic rings. The number of ether oxygens (including phenoxy) is 1. The van der Waals surface area contributed by atoms with Crippen LogP contribution < -0.4 is 4.74 Å². The van der Waals surface area contributed by atoms with Gasteiger partial charge in [0.2, 0.25) is 11.7 Å². The van der Waals surface area contributed by atoms with E-state index in [1.54, 1.807) is 7.11 Å². The van der Waals surface area contributed by atoms with Crippen molar-refractivity contribution >= 4 is 0 Å². The third-order valence-electron chi connectivity index (χ3n) is 4.43. The zero-order valence-corrected chi connectivity index (χ0v) is 13.7. The summed E-state index contributed by atoms with van der Waals surface area (Å²) in [5, 5.41) is 13.6. The van der Waals surface area contributed by atoms with Crippen LogP contribution in [0.25, 0.3) is 11.4 Å². The van der Waals surface area contributed by atoms with Crippen molar-refractivity contribution in [2.24, 2.45) is 0 Å². The largest absolute Gasteiger partial charge is 0.496 e. The molecule has 1 atom stereocenters. The monoisotopic (exact) mass is 317 g/mol. The first kappa shape index (κ1) is 16.0. The second kappa shape index (κ2) is 7.10. The number of rotatable bonds is 5. The summed E-state index contributed by atoms with van der Waals surface area (Å²) < 4.78 is 10.7. The lowest BCUT2D eigenvalue weighted by Gasteiger charge is -2.33. The second-order valence-electron chi connectivity index (χ2n) is 6.00. The molecule has 0 spiro atoms. The fourth-order valence-electron chi connectivity index (χ4n) is 3.04. The Balaban J connectivity index is 1.75.